The van der Waals surface area contributed by atoms with Crippen LogP contribution in [0.1, 0.15) is 5.56 Å². The zero-order valence-electron chi connectivity index (χ0n) is 17.8. The Labute approximate surface area is 186 Å². The molecule has 1 rings (SSSR count). The molecule has 0 aliphatic heterocycles. The fourth-order valence-electron chi connectivity index (χ4n) is 2.37. The summed E-state index contributed by atoms with van der Waals surface area (Å²) in [6.07, 6.45) is -1.09. The number of aryl methyl sites for hydroxylation is 1. The maximum atomic E-state index is 12.3. The predicted molar refractivity (Wildman–Crippen MR) is 112 cm³/mol. The molecular formula is C18H29N3O10S. The summed E-state index contributed by atoms with van der Waals surface area (Å²) >= 11 is 0. The van der Waals surface area contributed by atoms with Gasteiger partial charge < -0.3 is 29.4 Å². The summed E-state index contributed by atoms with van der Waals surface area (Å²) < 4.78 is 48.0. The van der Waals surface area contributed by atoms with E-state index in [1.54, 1.807) is 0 Å². The average molecular weight is 480 g/mol. The van der Waals surface area contributed by atoms with Crippen molar-refractivity contribution < 1.29 is 42.2 Å². The number of benzene rings is 1. The van der Waals surface area contributed by atoms with Gasteiger partial charge in [-0.15, -0.1) is 0 Å². The lowest BCUT2D eigenvalue weighted by Gasteiger charge is -2.10. The summed E-state index contributed by atoms with van der Waals surface area (Å²) in [4.78, 5) is 20.3. The van der Waals surface area contributed by atoms with Crippen LogP contribution in [0.5, 0.6) is 0 Å². The first-order valence-corrected chi connectivity index (χ1v) is 11.2. The first-order chi connectivity index (χ1) is 15.2. The van der Waals surface area contributed by atoms with Crippen LogP contribution in [0.3, 0.4) is 0 Å². The van der Waals surface area contributed by atoms with Gasteiger partial charge in [0.1, 0.15) is 0 Å². The van der Waals surface area contributed by atoms with E-state index in [4.69, 9.17) is 24.1 Å². The Morgan fingerprint density at radius 3 is 1.94 bits per heavy atom. The molecule has 1 aromatic carbocycles. The van der Waals surface area contributed by atoms with E-state index in [0.717, 1.165) is 6.07 Å². The summed E-state index contributed by atoms with van der Waals surface area (Å²) in [6.45, 7) is 4.19. The minimum atomic E-state index is -3.80. The number of nitrogens with one attached hydrogen (secondary N) is 2. The van der Waals surface area contributed by atoms with Gasteiger partial charge in [-0.2, -0.15) is 0 Å². The fourth-order valence-corrected chi connectivity index (χ4v) is 3.60. The van der Waals surface area contributed by atoms with Gasteiger partial charge in [0.05, 0.1) is 62.7 Å². The lowest BCUT2D eigenvalue weighted by atomic mass is 10.2. The van der Waals surface area contributed by atoms with E-state index in [9.17, 15) is 23.3 Å². The van der Waals surface area contributed by atoms with Gasteiger partial charge in [-0.25, -0.2) is 17.9 Å². The minimum absolute atomic E-state index is 0.0197. The van der Waals surface area contributed by atoms with Gasteiger partial charge in [0.15, 0.2) is 0 Å². The van der Waals surface area contributed by atoms with E-state index < -0.39 is 21.0 Å². The molecule has 3 N–H and O–H groups in total. The van der Waals surface area contributed by atoms with Crippen LogP contribution in [-0.2, 0) is 29.0 Å². The van der Waals surface area contributed by atoms with E-state index in [2.05, 4.69) is 10.0 Å². The van der Waals surface area contributed by atoms with E-state index in [0.29, 0.717) is 33.0 Å². The van der Waals surface area contributed by atoms with Crippen molar-refractivity contribution in [1.82, 2.24) is 10.0 Å². The Morgan fingerprint density at radius 1 is 0.969 bits per heavy atom. The normalized spacial score (nSPS) is 11.4. The van der Waals surface area contributed by atoms with Gasteiger partial charge >= 0.3 is 6.09 Å². The molecule has 0 fully saturated rings. The van der Waals surface area contributed by atoms with Crippen molar-refractivity contribution in [3.05, 3.63) is 33.9 Å². The molecule has 0 saturated heterocycles. The molecule has 32 heavy (non-hydrogen) atoms. The number of amides is 1. The Morgan fingerprint density at radius 2 is 1.47 bits per heavy atom. The van der Waals surface area contributed by atoms with E-state index in [1.165, 1.54) is 19.1 Å². The Kier molecular flexibility index (Phi) is 13.4. The number of nitro groups is 1. The van der Waals surface area contributed by atoms with Crippen LogP contribution in [0.2, 0.25) is 0 Å². The molecule has 0 radical (unpaired) electrons. The number of sulfonamides is 1. The molecule has 13 nitrogen and oxygen atoms in total. The Bertz CT molecular complexity index is 819. The zero-order valence-corrected chi connectivity index (χ0v) is 18.6. The highest BCUT2D eigenvalue weighted by molar-refractivity contribution is 7.89. The molecule has 0 atom stereocenters. The minimum Gasteiger partial charge on any atom is -0.465 e. The number of nitrogens with zero attached hydrogens (tertiary/aromatic N) is 1. The highest BCUT2D eigenvalue weighted by Gasteiger charge is 2.18. The lowest BCUT2D eigenvalue weighted by Crippen LogP contribution is -2.28. The van der Waals surface area contributed by atoms with Gasteiger partial charge in [-0.05, 0) is 18.6 Å². The number of nitro benzene ring substituents is 1. The van der Waals surface area contributed by atoms with Crippen LogP contribution in [-0.4, -0.2) is 90.5 Å². The molecule has 1 amide bonds. The third kappa shape index (κ3) is 11.9. The van der Waals surface area contributed by atoms with Crippen molar-refractivity contribution in [1.29, 1.82) is 0 Å². The predicted octanol–water partition coefficient (Wildman–Crippen LogP) is 0.516. The SMILES string of the molecule is Cc1cc([N+](=O)[O-])ccc1S(=O)(=O)NCCOCCOCCOCCOCCNC(=O)O. The monoisotopic (exact) mass is 479 g/mol. The zero-order chi connectivity index (χ0) is 23.8. The van der Waals surface area contributed by atoms with E-state index in [1.807, 2.05) is 0 Å². The molecule has 0 heterocycles. The number of non-ortho nitro benzene ring substituents is 1. The van der Waals surface area contributed by atoms with E-state index >= 15 is 0 Å². The highest BCUT2D eigenvalue weighted by Crippen LogP contribution is 2.20. The number of rotatable bonds is 18. The van der Waals surface area contributed by atoms with Crippen LogP contribution >= 0.6 is 0 Å². The maximum absolute atomic E-state index is 12.3. The third-order valence-corrected chi connectivity index (χ3v) is 5.46. The Balaban J connectivity index is 2.01. The summed E-state index contributed by atoms with van der Waals surface area (Å²) in [6, 6.07) is 3.56. The third-order valence-electron chi connectivity index (χ3n) is 3.84. The topological polar surface area (TPSA) is 176 Å². The van der Waals surface area contributed by atoms with Crippen LogP contribution in [0, 0.1) is 17.0 Å². The molecule has 1 aromatic rings. The number of carboxylic acid groups (broad SMARTS) is 1. The van der Waals surface area contributed by atoms with Crippen molar-refractivity contribution in [3.8, 4) is 0 Å². The molecule has 0 aliphatic carbocycles. The summed E-state index contributed by atoms with van der Waals surface area (Å²) in [5.74, 6) is 0. The molecule has 182 valence electrons. The second kappa shape index (κ2) is 15.4. The molecule has 0 aliphatic rings. The second-order valence-electron chi connectivity index (χ2n) is 6.29. The molecule has 0 saturated carbocycles. The first kappa shape index (κ1) is 27.7. The molecule has 0 unspecified atom stereocenters. The quantitative estimate of drug-likeness (QED) is 0.153. The van der Waals surface area contributed by atoms with Crippen LogP contribution in [0.25, 0.3) is 0 Å². The Hall–Kier alpha value is -2.36. The van der Waals surface area contributed by atoms with Crippen LogP contribution in [0.4, 0.5) is 10.5 Å². The average Bonchev–Trinajstić information content (AvgIpc) is 2.72. The van der Waals surface area contributed by atoms with E-state index in [-0.39, 0.29) is 49.1 Å². The van der Waals surface area contributed by atoms with Gasteiger partial charge in [-0.1, -0.05) is 0 Å². The standard InChI is InChI=1S/C18H29N3O10S/c1-15-14-16(21(24)25)2-3-17(15)32(26,27)20-5-7-29-9-11-31-13-12-30-10-8-28-6-4-19-18(22)23/h2-3,14,19-20H,4-13H2,1H3,(H,22,23). The smallest absolute Gasteiger partial charge is 0.404 e. The van der Waals surface area contributed by atoms with Crippen molar-refractivity contribution in [3.63, 3.8) is 0 Å². The maximum Gasteiger partial charge on any atom is 0.404 e. The van der Waals surface area contributed by atoms with Gasteiger partial charge in [0, 0.05) is 25.2 Å². The summed E-state index contributed by atoms with van der Waals surface area (Å²) in [5, 5.41) is 21.3. The first-order valence-electron chi connectivity index (χ1n) is 9.76. The van der Waals surface area contributed by atoms with Crippen molar-refractivity contribution in [2.75, 3.05) is 65.9 Å². The lowest BCUT2D eigenvalue weighted by molar-refractivity contribution is -0.385. The number of ether oxygens (including phenoxy) is 4. The molecular weight excluding hydrogens is 450 g/mol. The van der Waals surface area contributed by atoms with Crippen molar-refractivity contribution >= 4 is 21.8 Å². The second-order valence-corrected chi connectivity index (χ2v) is 8.02. The number of carbonyl (C=O) groups is 1. The van der Waals surface area contributed by atoms with Crippen molar-refractivity contribution in [2.24, 2.45) is 0 Å². The number of hydrogen-bond acceptors (Lipinski definition) is 9. The van der Waals surface area contributed by atoms with Crippen LogP contribution < -0.4 is 10.0 Å². The van der Waals surface area contributed by atoms with Crippen molar-refractivity contribution in [2.45, 2.75) is 11.8 Å². The molecule has 14 heteroatoms. The molecule has 0 aromatic heterocycles. The summed E-state index contributed by atoms with van der Waals surface area (Å²) in [7, 11) is -3.80. The molecule has 0 spiro atoms. The summed E-state index contributed by atoms with van der Waals surface area (Å²) in [5.41, 5.74) is 0.110. The largest absolute Gasteiger partial charge is 0.465 e. The highest BCUT2D eigenvalue weighted by atomic mass is 32.2. The number of hydrogen-bond donors (Lipinski definition) is 3. The van der Waals surface area contributed by atoms with Gasteiger partial charge in [-0.3, -0.25) is 10.1 Å². The van der Waals surface area contributed by atoms with Gasteiger partial charge in [0.25, 0.3) is 5.69 Å². The molecule has 0 bridgehead atoms. The fraction of sp³-hybridized carbons (Fsp3) is 0.611. The van der Waals surface area contributed by atoms with Gasteiger partial charge in [0.2, 0.25) is 10.0 Å². The van der Waals surface area contributed by atoms with Crippen LogP contribution in [0.15, 0.2) is 23.1 Å².